The number of nitrogens with two attached hydrogens (primary N) is 1. The standard InChI is InChI=1S/C12H15ClN4/c1-17-10(6-7-16-17)3-4-11(14)12-5-2-9(13)8-15-12/h2,5-8,11H,3-4,14H2,1H3. The van der Waals surface area contributed by atoms with Crippen LogP contribution in [0.4, 0.5) is 0 Å². The second kappa shape index (κ2) is 5.29. The highest BCUT2D eigenvalue weighted by Crippen LogP contribution is 2.16. The molecule has 2 heterocycles. The molecule has 2 aromatic rings. The third kappa shape index (κ3) is 3.05. The Morgan fingerprint density at radius 1 is 1.41 bits per heavy atom. The van der Waals surface area contributed by atoms with Gasteiger partial charge in [-0.25, -0.2) is 0 Å². The molecule has 0 amide bonds. The highest BCUT2D eigenvalue weighted by atomic mass is 35.5. The van der Waals surface area contributed by atoms with E-state index in [0.717, 1.165) is 18.5 Å². The Bertz CT molecular complexity index is 478. The van der Waals surface area contributed by atoms with Crippen molar-refractivity contribution < 1.29 is 0 Å². The van der Waals surface area contributed by atoms with Crippen LogP contribution in [0.15, 0.2) is 30.6 Å². The number of nitrogens with zero attached hydrogens (tertiary/aromatic N) is 3. The zero-order chi connectivity index (χ0) is 12.3. The number of hydrogen-bond acceptors (Lipinski definition) is 3. The lowest BCUT2D eigenvalue weighted by Gasteiger charge is -2.10. The SMILES string of the molecule is Cn1nccc1CCC(N)c1ccc(Cl)cn1. The van der Waals surface area contributed by atoms with Crippen LogP contribution in [0.2, 0.25) is 5.02 Å². The molecule has 0 aliphatic rings. The molecule has 0 aliphatic heterocycles. The molecular formula is C12H15ClN4. The Morgan fingerprint density at radius 3 is 2.82 bits per heavy atom. The second-order valence-electron chi connectivity index (χ2n) is 3.99. The van der Waals surface area contributed by atoms with Crippen LogP contribution in [0.1, 0.15) is 23.9 Å². The van der Waals surface area contributed by atoms with Crippen molar-refractivity contribution in [2.75, 3.05) is 0 Å². The first-order valence-corrected chi connectivity index (χ1v) is 5.88. The van der Waals surface area contributed by atoms with E-state index in [1.807, 2.05) is 29.9 Å². The van der Waals surface area contributed by atoms with Gasteiger partial charge in [-0.3, -0.25) is 9.67 Å². The van der Waals surface area contributed by atoms with Gasteiger partial charge in [-0.15, -0.1) is 0 Å². The average molecular weight is 251 g/mol. The molecule has 2 aromatic heterocycles. The van der Waals surface area contributed by atoms with E-state index in [2.05, 4.69) is 10.1 Å². The van der Waals surface area contributed by atoms with Gasteiger partial charge < -0.3 is 5.73 Å². The summed E-state index contributed by atoms with van der Waals surface area (Å²) in [6.07, 6.45) is 5.15. The van der Waals surface area contributed by atoms with E-state index in [0.29, 0.717) is 5.02 Å². The van der Waals surface area contributed by atoms with E-state index < -0.39 is 0 Å². The summed E-state index contributed by atoms with van der Waals surface area (Å²) in [6.45, 7) is 0. The fourth-order valence-electron chi connectivity index (χ4n) is 1.70. The number of pyridine rings is 1. The van der Waals surface area contributed by atoms with E-state index in [9.17, 15) is 0 Å². The van der Waals surface area contributed by atoms with Gasteiger partial charge in [0.15, 0.2) is 0 Å². The maximum Gasteiger partial charge on any atom is 0.0589 e. The predicted molar refractivity (Wildman–Crippen MR) is 67.7 cm³/mol. The minimum atomic E-state index is -0.0674. The number of hydrogen-bond donors (Lipinski definition) is 1. The van der Waals surface area contributed by atoms with E-state index in [4.69, 9.17) is 17.3 Å². The predicted octanol–water partition coefficient (Wildman–Crippen LogP) is 2.10. The molecule has 2 rings (SSSR count). The quantitative estimate of drug-likeness (QED) is 0.904. The summed E-state index contributed by atoms with van der Waals surface area (Å²) >= 11 is 5.78. The van der Waals surface area contributed by atoms with Crippen LogP contribution in [0.3, 0.4) is 0 Å². The van der Waals surface area contributed by atoms with Crippen LogP contribution < -0.4 is 5.73 Å². The van der Waals surface area contributed by atoms with Gasteiger partial charge in [-0.2, -0.15) is 5.10 Å². The number of aryl methyl sites for hydroxylation is 2. The minimum absolute atomic E-state index is 0.0674. The van der Waals surface area contributed by atoms with Gasteiger partial charge in [-0.1, -0.05) is 11.6 Å². The molecule has 0 aliphatic carbocycles. The summed E-state index contributed by atoms with van der Waals surface area (Å²) in [7, 11) is 1.93. The van der Waals surface area contributed by atoms with Gasteiger partial charge in [0.1, 0.15) is 0 Å². The first kappa shape index (κ1) is 12.1. The lowest BCUT2D eigenvalue weighted by Crippen LogP contribution is -2.13. The van der Waals surface area contributed by atoms with Crippen LogP contribution in [-0.2, 0) is 13.5 Å². The third-order valence-electron chi connectivity index (χ3n) is 2.76. The molecule has 1 unspecified atom stereocenters. The molecule has 90 valence electrons. The van der Waals surface area contributed by atoms with Gasteiger partial charge in [0.05, 0.1) is 10.7 Å². The Morgan fingerprint density at radius 2 is 2.24 bits per heavy atom. The van der Waals surface area contributed by atoms with Crippen molar-refractivity contribution in [2.24, 2.45) is 12.8 Å². The molecule has 0 aromatic carbocycles. The molecule has 17 heavy (non-hydrogen) atoms. The van der Waals surface area contributed by atoms with Crippen molar-refractivity contribution in [3.63, 3.8) is 0 Å². The third-order valence-corrected chi connectivity index (χ3v) is 2.99. The minimum Gasteiger partial charge on any atom is -0.323 e. The van der Waals surface area contributed by atoms with Crippen LogP contribution >= 0.6 is 11.6 Å². The maximum absolute atomic E-state index is 6.08. The number of aromatic nitrogens is 3. The molecular weight excluding hydrogens is 236 g/mol. The summed E-state index contributed by atoms with van der Waals surface area (Å²) in [5.74, 6) is 0. The highest BCUT2D eigenvalue weighted by Gasteiger charge is 2.08. The first-order chi connectivity index (χ1) is 8.16. The summed E-state index contributed by atoms with van der Waals surface area (Å²) in [5, 5.41) is 4.75. The van der Waals surface area contributed by atoms with Crippen molar-refractivity contribution in [3.8, 4) is 0 Å². The van der Waals surface area contributed by atoms with Gasteiger partial charge in [0, 0.05) is 31.2 Å². The fourth-order valence-corrected chi connectivity index (χ4v) is 1.82. The van der Waals surface area contributed by atoms with Crippen LogP contribution in [0, 0.1) is 0 Å². The van der Waals surface area contributed by atoms with E-state index >= 15 is 0 Å². The molecule has 0 fully saturated rings. The Labute approximate surface area is 105 Å². The zero-order valence-corrected chi connectivity index (χ0v) is 10.4. The second-order valence-corrected chi connectivity index (χ2v) is 4.43. The largest absolute Gasteiger partial charge is 0.323 e. The number of rotatable bonds is 4. The molecule has 4 nitrogen and oxygen atoms in total. The monoisotopic (exact) mass is 250 g/mol. The van der Waals surface area contributed by atoms with Gasteiger partial charge in [0.25, 0.3) is 0 Å². The van der Waals surface area contributed by atoms with Crippen molar-refractivity contribution in [1.29, 1.82) is 0 Å². The lowest BCUT2D eigenvalue weighted by molar-refractivity contribution is 0.602. The smallest absolute Gasteiger partial charge is 0.0589 e. The number of halogens is 1. The molecule has 0 saturated heterocycles. The first-order valence-electron chi connectivity index (χ1n) is 5.50. The van der Waals surface area contributed by atoms with E-state index in [-0.39, 0.29) is 6.04 Å². The van der Waals surface area contributed by atoms with Gasteiger partial charge in [0.2, 0.25) is 0 Å². The van der Waals surface area contributed by atoms with Crippen molar-refractivity contribution in [1.82, 2.24) is 14.8 Å². The summed E-state index contributed by atoms with van der Waals surface area (Å²) in [6, 6.07) is 5.62. The molecule has 5 heteroatoms. The van der Waals surface area contributed by atoms with Crippen LogP contribution in [-0.4, -0.2) is 14.8 Å². The van der Waals surface area contributed by atoms with E-state index in [1.54, 1.807) is 12.4 Å². The topological polar surface area (TPSA) is 56.7 Å². The molecule has 0 saturated carbocycles. The van der Waals surface area contributed by atoms with Crippen molar-refractivity contribution >= 4 is 11.6 Å². The van der Waals surface area contributed by atoms with Crippen LogP contribution in [0.25, 0.3) is 0 Å². The molecule has 0 bridgehead atoms. The summed E-state index contributed by atoms with van der Waals surface area (Å²) in [5.41, 5.74) is 8.12. The molecule has 1 atom stereocenters. The van der Waals surface area contributed by atoms with E-state index in [1.165, 1.54) is 5.69 Å². The van der Waals surface area contributed by atoms with Gasteiger partial charge >= 0.3 is 0 Å². The Kier molecular flexibility index (Phi) is 3.76. The average Bonchev–Trinajstić information content (AvgIpc) is 2.73. The summed E-state index contributed by atoms with van der Waals surface area (Å²) in [4.78, 5) is 4.22. The lowest BCUT2D eigenvalue weighted by atomic mass is 10.1. The molecule has 2 N–H and O–H groups in total. The zero-order valence-electron chi connectivity index (χ0n) is 9.68. The molecule has 0 spiro atoms. The normalized spacial score (nSPS) is 12.6. The summed E-state index contributed by atoms with van der Waals surface area (Å²) < 4.78 is 1.86. The Hall–Kier alpha value is -1.39. The fraction of sp³-hybridized carbons (Fsp3) is 0.333. The molecule has 0 radical (unpaired) electrons. The van der Waals surface area contributed by atoms with Crippen molar-refractivity contribution in [2.45, 2.75) is 18.9 Å². The Balaban J connectivity index is 1.95. The maximum atomic E-state index is 6.08. The van der Waals surface area contributed by atoms with Crippen molar-refractivity contribution in [3.05, 3.63) is 47.0 Å². The van der Waals surface area contributed by atoms with Gasteiger partial charge in [-0.05, 0) is 31.0 Å². The van der Waals surface area contributed by atoms with Crippen LogP contribution in [0.5, 0.6) is 0 Å². The highest BCUT2D eigenvalue weighted by molar-refractivity contribution is 6.30.